The summed E-state index contributed by atoms with van der Waals surface area (Å²) in [5.41, 5.74) is 0.624. The molecule has 0 aliphatic rings. The zero-order valence-electron chi connectivity index (χ0n) is 11.1. The highest BCUT2D eigenvalue weighted by molar-refractivity contribution is 7.08. The smallest absolute Gasteiger partial charge is 0.252 e. The number of rotatable bonds is 6. The Morgan fingerprint density at radius 2 is 2.25 bits per heavy atom. The van der Waals surface area contributed by atoms with Gasteiger partial charge in [0.05, 0.1) is 12.3 Å². The van der Waals surface area contributed by atoms with Crippen molar-refractivity contribution in [2.75, 3.05) is 6.54 Å². The molecule has 5 nitrogen and oxygen atoms in total. The van der Waals surface area contributed by atoms with Gasteiger partial charge in [-0.2, -0.15) is 11.3 Å². The van der Waals surface area contributed by atoms with Crippen LogP contribution in [-0.4, -0.2) is 18.4 Å². The van der Waals surface area contributed by atoms with Crippen LogP contribution in [0.25, 0.3) is 0 Å². The van der Waals surface area contributed by atoms with Gasteiger partial charge in [0.1, 0.15) is 5.76 Å². The molecule has 2 rings (SSSR count). The van der Waals surface area contributed by atoms with Crippen LogP contribution in [-0.2, 0) is 4.79 Å². The molecule has 0 aliphatic carbocycles. The van der Waals surface area contributed by atoms with Crippen molar-refractivity contribution in [1.29, 1.82) is 0 Å². The normalized spacial score (nSPS) is 11.8. The molecule has 106 valence electrons. The zero-order chi connectivity index (χ0) is 14.4. The summed E-state index contributed by atoms with van der Waals surface area (Å²) in [7, 11) is 0. The van der Waals surface area contributed by atoms with Gasteiger partial charge in [-0.15, -0.1) is 0 Å². The van der Waals surface area contributed by atoms with Gasteiger partial charge in [-0.25, -0.2) is 0 Å². The van der Waals surface area contributed by atoms with Crippen LogP contribution < -0.4 is 10.6 Å². The van der Waals surface area contributed by atoms with Crippen LogP contribution in [0.2, 0.25) is 0 Å². The Kier molecular flexibility index (Phi) is 4.95. The zero-order valence-corrected chi connectivity index (χ0v) is 11.9. The molecular weight excluding hydrogens is 276 g/mol. The molecule has 0 aliphatic heterocycles. The van der Waals surface area contributed by atoms with E-state index in [1.54, 1.807) is 23.8 Å². The Morgan fingerprint density at radius 1 is 1.40 bits per heavy atom. The van der Waals surface area contributed by atoms with E-state index in [1.807, 2.05) is 18.4 Å². The Balaban J connectivity index is 1.69. The Labute approximate surface area is 121 Å². The molecule has 0 fully saturated rings. The number of amides is 2. The highest BCUT2D eigenvalue weighted by atomic mass is 32.1. The van der Waals surface area contributed by atoms with Crippen molar-refractivity contribution in [2.45, 2.75) is 19.4 Å². The van der Waals surface area contributed by atoms with E-state index >= 15 is 0 Å². The van der Waals surface area contributed by atoms with Gasteiger partial charge in [0.25, 0.3) is 5.91 Å². The molecule has 2 aromatic rings. The molecule has 2 heterocycles. The van der Waals surface area contributed by atoms with Crippen molar-refractivity contribution in [2.24, 2.45) is 0 Å². The Morgan fingerprint density at radius 3 is 2.90 bits per heavy atom. The van der Waals surface area contributed by atoms with E-state index in [1.165, 1.54) is 11.3 Å². The third kappa shape index (κ3) is 3.96. The number of carbonyl (C=O) groups is 2. The minimum Gasteiger partial charge on any atom is -0.467 e. The summed E-state index contributed by atoms with van der Waals surface area (Å²) in [5, 5.41) is 9.13. The lowest BCUT2D eigenvalue weighted by atomic mass is 10.2. The average Bonchev–Trinajstić information content (AvgIpc) is 3.12. The van der Waals surface area contributed by atoms with E-state index in [0.717, 1.165) is 0 Å². The Hall–Kier alpha value is -2.08. The number of furan rings is 1. The minimum absolute atomic E-state index is 0.125. The van der Waals surface area contributed by atoms with Gasteiger partial charge in [-0.05, 0) is 30.5 Å². The molecule has 6 heteroatoms. The second-order valence-corrected chi connectivity index (χ2v) is 5.10. The molecule has 2 amide bonds. The van der Waals surface area contributed by atoms with Crippen LogP contribution in [0, 0.1) is 0 Å². The second-order valence-electron chi connectivity index (χ2n) is 4.32. The molecule has 2 N–H and O–H groups in total. The van der Waals surface area contributed by atoms with Crippen LogP contribution in [0.4, 0.5) is 0 Å². The lowest BCUT2D eigenvalue weighted by Gasteiger charge is -2.11. The first-order valence-corrected chi connectivity index (χ1v) is 7.24. The number of thiophene rings is 1. The largest absolute Gasteiger partial charge is 0.467 e. The summed E-state index contributed by atoms with van der Waals surface area (Å²) in [6.45, 7) is 2.16. The summed E-state index contributed by atoms with van der Waals surface area (Å²) in [6.07, 6.45) is 1.81. The van der Waals surface area contributed by atoms with Crippen LogP contribution in [0.15, 0.2) is 39.6 Å². The standard InChI is InChI=1S/C14H16N2O3S/c1-10(12-3-2-7-19-12)16-13(17)4-6-15-14(18)11-5-8-20-9-11/h2-3,5,7-10H,4,6H2,1H3,(H,15,18)(H,16,17). The Bertz CT molecular complexity index is 549. The maximum absolute atomic E-state index is 11.7. The van der Waals surface area contributed by atoms with E-state index in [0.29, 0.717) is 17.9 Å². The van der Waals surface area contributed by atoms with Crippen LogP contribution in [0.3, 0.4) is 0 Å². The molecule has 0 saturated carbocycles. The van der Waals surface area contributed by atoms with Crippen LogP contribution in [0.1, 0.15) is 35.5 Å². The predicted molar refractivity (Wildman–Crippen MR) is 76.5 cm³/mol. The summed E-state index contributed by atoms with van der Waals surface area (Å²) < 4.78 is 5.20. The van der Waals surface area contributed by atoms with Gasteiger partial charge in [-0.3, -0.25) is 9.59 Å². The summed E-state index contributed by atoms with van der Waals surface area (Å²) >= 11 is 1.46. The lowest BCUT2D eigenvalue weighted by Crippen LogP contribution is -2.31. The SMILES string of the molecule is CC(NC(=O)CCNC(=O)c1ccsc1)c1ccco1. The lowest BCUT2D eigenvalue weighted by molar-refractivity contribution is -0.121. The molecule has 0 saturated heterocycles. The maximum Gasteiger partial charge on any atom is 0.252 e. The van der Waals surface area contributed by atoms with E-state index < -0.39 is 0 Å². The molecule has 1 atom stereocenters. The highest BCUT2D eigenvalue weighted by Gasteiger charge is 2.12. The summed E-state index contributed by atoms with van der Waals surface area (Å²) in [4.78, 5) is 23.4. The fourth-order valence-corrected chi connectivity index (χ4v) is 2.34. The first-order valence-electron chi connectivity index (χ1n) is 6.30. The average molecular weight is 292 g/mol. The van der Waals surface area contributed by atoms with Crippen molar-refractivity contribution < 1.29 is 14.0 Å². The van der Waals surface area contributed by atoms with E-state index in [9.17, 15) is 9.59 Å². The predicted octanol–water partition coefficient (Wildman–Crippen LogP) is 2.34. The molecular formula is C14H16N2O3S. The fourth-order valence-electron chi connectivity index (χ4n) is 1.71. The van der Waals surface area contributed by atoms with Crippen molar-refractivity contribution in [3.8, 4) is 0 Å². The molecule has 20 heavy (non-hydrogen) atoms. The molecule has 0 radical (unpaired) electrons. The topological polar surface area (TPSA) is 71.3 Å². The van der Waals surface area contributed by atoms with Crippen molar-refractivity contribution >= 4 is 23.2 Å². The van der Waals surface area contributed by atoms with Gasteiger partial charge in [-0.1, -0.05) is 0 Å². The van der Waals surface area contributed by atoms with Gasteiger partial charge < -0.3 is 15.1 Å². The van der Waals surface area contributed by atoms with Crippen LogP contribution in [0.5, 0.6) is 0 Å². The van der Waals surface area contributed by atoms with E-state index in [4.69, 9.17) is 4.42 Å². The third-order valence-electron chi connectivity index (χ3n) is 2.77. The van der Waals surface area contributed by atoms with Crippen molar-refractivity contribution in [3.63, 3.8) is 0 Å². The van der Waals surface area contributed by atoms with E-state index in [2.05, 4.69) is 10.6 Å². The monoisotopic (exact) mass is 292 g/mol. The maximum atomic E-state index is 11.7. The third-order valence-corrected chi connectivity index (χ3v) is 3.45. The number of hydrogen-bond donors (Lipinski definition) is 2. The quantitative estimate of drug-likeness (QED) is 0.858. The van der Waals surface area contributed by atoms with Crippen molar-refractivity contribution in [1.82, 2.24) is 10.6 Å². The number of carbonyl (C=O) groups excluding carboxylic acids is 2. The molecule has 0 bridgehead atoms. The van der Waals surface area contributed by atoms with E-state index in [-0.39, 0.29) is 24.3 Å². The van der Waals surface area contributed by atoms with Gasteiger partial charge in [0.15, 0.2) is 0 Å². The van der Waals surface area contributed by atoms with Gasteiger partial charge in [0, 0.05) is 23.9 Å². The number of nitrogens with one attached hydrogen (secondary N) is 2. The molecule has 2 aromatic heterocycles. The number of hydrogen-bond acceptors (Lipinski definition) is 4. The first-order chi connectivity index (χ1) is 9.66. The first kappa shape index (κ1) is 14.3. The van der Waals surface area contributed by atoms with Gasteiger partial charge >= 0.3 is 0 Å². The minimum atomic E-state index is -0.176. The summed E-state index contributed by atoms with van der Waals surface area (Å²) in [6, 6.07) is 5.16. The van der Waals surface area contributed by atoms with Gasteiger partial charge in [0.2, 0.25) is 5.91 Å². The van der Waals surface area contributed by atoms with Crippen LogP contribution >= 0.6 is 11.3 Å². The fraction of sp³-hybridized carbons (Fsp3) is 0.286. The summed E-state index contributed by atoms with van der Waals surface area (Å²) in [5.74, 6) is 0.429. The van der Waals surface area contributed by atoms with Crippen molar-refractivity contribution in [3.05, 3.63) is 46.5 Å². The molecule has 0 spiro atoms. The highest BCUT2D eigenvalue weighted by Crippen LogP contribution is 2.12. The molecule has 0 aromatic carbocycles. The second kappa shape index (κ2) is 6.91. The molecule has 1 unspecified atom stereocenters.